The molecular formula is C40H39Cl2N3O5S. The van der Waals surface area contributed by atoms with Crippen LogP contribution in [-0.2, 0) is 32.6 Å². The van der Waals surface area contributed by atoms with E-state index >= 15 is 0 Å². The molecule has 0 radical (unpaired) electrons. The fraction of sp³-hybridized carbons (Fsp3) is 0.200. The van der Waals surface area contributed by atoms with Gasteiger partial charge >= 0.3 is 0 Å². The van der Waals surface area contributed by atoms with Crippen LogP contribution in [0.25, 0.3) is 0 Å². The summed E-state index contributed by atoms with van der Waals surface area (Å²) in [4.78, 5) is 30.1. The highest BCUT2D eigenvalue weighted by atomic mass is 35.5. The predicted octanol–water partition coefficient (Wildman–Crippen LogP) is 8.54. The van der Waals surface area contributed by atoms with Crippen LogP contribution in [0.2, 0.25) is 10.0 Å². The summed E-state index contributed by atoms with van der Waals surface area (Å²) in [6, 6.07) is 37.0. The number of sulfonamides is 1. The first kappa shape index (κ1) is 37.4. The second-order valence-corrected chi connectivity index (χ2v) is 14.5. The minimum Gasteiger partial charge on any atom is -0.457 e. The highest BCUT2D eigenvalue weighted by Gasteiger charge is 2.34. The number of anilines is 1. The van der Waals surface area contributed by atoms with Crippen LogP contribution in [-0.4, -0.2) is 44.3 Å². The molecule has 0 aromatic heterocycles. The molecule has 1 N–H and O–H groups in total. The monoisotopic (exact) mass is 743 g/mol. The predicted molar refractivity (Wildman–Crippen MR) is 203 cm³/mol. The van der Waals surface area contributed by atoms with Crippen molar-refractivity contribution in [3.63, 3.8) is 0 Å². The van der Waals surface area contributed by atoms with Gasteiger partial charge in [-0.3, -0.25) is 13.9 Å². The van der Waals surface area contributed by atoms with Crippen molar-refractivity contribution >= 4 is 50.7 Å². The number of hydrogen-bond donors (Lipinski definition) is 1. The quantitative estimate of drug-likeness (QED) is 0.102. The largest absolute Gasteiger partial charge is 0.457 e. The highest BCUT2D eigenvalue weighted by molar-refractivity contribution is 7.92. The number of rotatable bonds is 16. The number of carbonyl (C=O) groups is 2. The summed E-state index contributed by atoms with van der Waals surface area (Å²) < 4.78 is 35.6. The summed E-state index contributed by atoms with van der Waals surface area (Å²) >= 11 is 12.6. The number of para-hydroxylation sites is 1. The van der Waals surface area contributed by atoms with Crippen molar-refractivity contribution in [3.05, 3.63) is 155 Å². The van der Waals surface area contributed by atoms with Gasteiger partial charge in [-0.1, -0.05) is 109 Å². The van der Waals surface area contributed by atoms with Crippen LogP contribution >= 0.6 is 23.2 Å². The molecule has 0 saturated carbocycles. The zero-order chi connectivity index (χ0) is 36.2. The molecule has 0 unspecified atom stereocenters. The number of unbranched alkanes of at least 4 members (excludes halogenated alkanes) is 1. The number of benzene rings is 5. The molecule has 264 valence electrons. The normalized spacial score (nSPS) is 11.7. The lowest BCUT2D eigenvalue weighted by molar-refractivity contribution is -0.140. The Kier molecular flexibility index (Phi) is 13.1. The SMILES string of the molecule is CCCCNC(=O)[C@H](Cc1ccccc1)N(Cc1ccc(Cl)c(Cl)c1)C(=O)CN(c1ccc(Oc2ccccc2)cc1)S(=O)(=O)c1ccccc1. The summed E-state index contributed by atoms with van der Waals surface area (Å²) in [7, 11) is -4.26. The van der Waals surface area contributed by atoms with Gasteiger partial charge in [0.2, 0.25) is 11.8 Å². The Balaban J connectivity index is 1.55. The zero-order valence-electron chi connectivity index (χ0n) is 28.1. The summed E-state index contributed by atoms with van der Waals surface area (Å²) in [5, 5.41) is 3.62. The van der Waals surface area contributed by atoms with Gasteiger partial charge in [-0.2, -0.15) is 0 Å². The molecule has 0 aliphatic carbocycles. The number of carbonyl (C=O) groups excluding carboxylic acids is 2. The number of hydrogen-bond acceptors (Lipinski definition) is 5. The highest BCUT2D eigenvalue weighted by Crippen LogP contribution is 2.29. The molecule has 11 heteroatoms. The molecule has 1 atom stereocenters. The molecule has 5 aromatic rings. The summed E-state index contributed by atoms with van der Waals surface area (Å²) in [5.74, 6) is 0.174. The van der Waals surface area contributed by atoms with E-state index in [1.54, 1.807) is 60.7 Å². The Morgan fingerprint density at radius 1 is 0.745 bits per heavy atom. The number of nitrogens with zero attached hydrogens (tertiary/aromatic N) is 2. The number of nitrogens with one attached hydrogen (secondary N) is 1. The third-order valence-electron chi connectivity index (χ3n) is 8.15. The van der Waals surface area contributed by atoms with Crippen LogP contribution in [0, 0.1) is 0 Å². The van der Waals surface area contributed by atoms with Crippen molar-refractivity contribution in [2.45, 2.75) is 43.7 Å². The van der Waals surface area contributed by atoms with Gasteiger partial charge in [-0.05, 0) is 78.2 Å². The van der Waals surface area contributed by atoms with E-state index in [0.29, 0.717) is 33.7 Å². The number of ether oxygens (including phenoxy) is 1. The Labute approximate surface area is 309 Å². The first-order valence-corrected chi connectivity index (χ1v) is 18.8. The molecule has 0 aliphatic heterocycles. The van der Waals surface area contributed by atoms with E-state index in [1.807, 2.05) is 67.6 Å². The minimum absolute atomic E-state index is 0.0107. The Morgan fingerprint density at radius 3 is 1.98 bits per heavy atom. The van der Waals surface area contributed by atoms with Crippen LogP contribution in [0.5, 0.6) is 11.5 Å². The Morgan fingerprint density at radius 2 is 1.35 bits per heavy atom. The van der Waals surface area contributed by atoms with Crippen molar-refractivity contribution in [1.29, 1.82) is 0 Å². The van der Waals surface area contributed by atoms with E-state index < -0.39 is 28.5 Å². The van der Waals surface area contributed by atoms with Gasteiger partial charge in [0, 0.05) is 19.5 Å². The molecule has 0 spiro atoms. The minimum atomic E-state index is -4.26. The maximum atomic E-state index is 14.7. The van der Waals surface area contributed by atoms with Gasteiger partial charge < -0.3 is 15.0 Å². The average Bonchev–Trinajstić information content (AvgIpc) is 3.15. The third-order valence-corrected chi connectivity index (χ3v) is 10.7. The van der Waals surface area contributed by atoms with Crippen LogP contribution in [0.4, 0.5) is 5.69 Å². The van der Waals surface area contributed by atoms with E-state index in [4.69, 9.17) is 27.9 Å². The van der Waals surface area contributed by atoms with E-state index in [1.165, 1.54) is 17.0 Å². The standard InChI is InChI=1S/C40H39Cl2N3O5S/c1-2-3-25-43-40(47)38(27-30-13-7-4-8-14-30)44(28-31-19-24-36(41)37(42)26-31)39(46)29-45(51(48,49)35-17-11-6-12-18-35)32-20-22-34(23-21-32)50-33-15-9-5-10-16-33/h4-24,26,38H,2-3,25,27-29H2,1H3,(H,43,47)/t38-/m0/s1. The summed E-state index contributed by atoms with van der Waals surface area (Å²) in [6.07, 6.45) is 1.83. The third kappa shape index (κ3) is 10.1. The van der Waals surface area contributed by atoms with Crippen LogP contribution in [0.3, 0.4) is 0 Å². The van der Waals surface area contributed by atoms with Gasteiger partial charge in [0.25, 0.3) is 10.0 Å². The molecule has 0 bridgehead atoms. The first-order chi connectivity index (χ1) is 24.7. The smallest absolute Gasteiger partial charge is 0.264 e. The molecular weight excluding hydrogens is 705 g/mol. The van der Waals surface area contributed by atoms with Crippen molar-refractivity contribution < 1.29 is 22.7 Å². The molecule has 5 aromatic carbocycles. The van der Waals surface area contributed by atoms with Crippen LogP contribution in [0.15, 0.2) is 138 Å². The molecule has 0 saturated heterocycles. The van der Waals surface area contributed by atoms with Crippen molar-refractivity contribution in [1.82, 2.24) is 10.2 Å². The van der Waals surface area contributed by atoms with Gasteiger partial charge in [0.1, 0.15) is 24.1 Å². The molecule has 5 rings (SSSR count). The molecule has 0 fully saturated rings. The van der Waals surface area contributed by atoms with E-state index in [9.17, 15) is 18.0 Å². The maximum Gasteiger partial charge on any atom is 0.264 e. The molecule has 51 heavy (non-hydrogen) atoms. The maximum absolute atomic E-state index is 14.7. The lowest BCUT2D eigenvalue weighted by atomic mass is 10.0. The lowest BCUT2D eigenvalue weighted by Crippen LogP contribution is -2.53. The first-order valence-electron chi connectivity index (χ1n) is 16.6. The van der Waals surface area contributed by atoms with E-state index in [0.717, 1.165) is 22.7 Å². The molecule has 0 aliphatic rings. The van der Waals surface area contributed by atoms with Crippen molar-refractivity contribution in [2.75, 3.05) is 17.4 Å². The van der Waals surface area contributed by atoms with Gasteiger partial charge in [-0.15, -0.1) is 0 Å². The van der Waals surface area contributed by atoms with Gasteiger partial charge in [0.15, 0.2) is 0 Å². The lowest BCUT2D eigenvalue weighted by Gasteiger charge is -2.34. The fourth-order valence-electron chi connectivity index (χ4n) is 5.45. The summed E-state index contributed by atoms with van der Waals surface area (Å²) in [5.41, 5.74) is 1.70. The fourth-order valence-corrected chi connectivity index (χ4v) is 7.20. The van der Waals surface area contributed by atoms with Crippen molar-refractivity contribution in [2.24, 2.45) is 0 Å². The van der Waals surface area contributed by atoms with Gasteiger partial charge in [0.05, 0.1) is 20.6 Å². The Hall–Kier alpha value is -4.83. The van der Waals surface area contributed by atoms with Gasteiger partial charge in [-0.25, -0.2) is 8.42 Å². The topological polar surface area (TPSA) is 96.0 Å². The molecule has 8 nitrogen and oxygen atoms in total. The second-order valence-electron chi connectivity index (χ2n) is 11.9. The number of halogens is 2. The average molecular weight is 745 g/mol. The number of amides is 2. The zero-order valence-corrected chi connectivity index (χ0v) is 30.4. The summed E-state index contributed by atoms with van der Waals surface area (Å²) in [6.45, 7) is 1.83. The second kappa shape index (κ2) is 17.9. The Bertz CT molecular complexity index is 2000. The van der Waals surface area contributed by atoms with E-state index in [2.05, 4.69) is 5.32 Å². The van der Waals surface area contributed by atoms with Crippen molar-refractivity contribution in [3.8, 4) is 11.5 Å². The van der Waals surface area contributed by atoms with Crippen LogP contribution < -0.4 is 14.4 Å². The van der Waals surface area contributed by atoms with E-state index in [-0.39, 0.29) is 29.5 Å². The molecule has 2 amide bonds. The molecule has 0 heterocycles. The van der Waals surface area contributed by atoms with Crippen LogP contribution in [0.1, 0.15) is 30.9 Å².